The summed E-state index contributed by atoms with van der Waals surface area (Å²) in [6.07, 6.45) is 0.492. The third-order valence-corrected chi connectivity index (χ3v) is 5.57. The molecular weight excluding hydrogens is 351 g/mol. The Hall–Kier alpha value is -3.14. The summed E-state index contributed by atoms with van der Waals surface area (Å²) < 4.78 is 19.8. The highest BCUT2D eigenvalue weighted by molar-refractivity contribution is 6.01. The average Bonchev–Trinajstić information content (AvgIpc) is 3.14. The first-order valence-corrected chi connectivity index (χ1v) is 9.54. The van der Waals surface area contributed by atoms with E-state index in [0.29, 0.717) is 0 Å². The molecule has 0 radical (unpaired) electrons. The third-order valence-electron chi connectivity index (χ3n) is 5.57. The summed E-state index contributed by atoms with van der Waals surface area (Å²) in [4.78, 5) is 0. The molecule has 0 fully saturated rings. The van der Waals surface area contributed by atoms with E-state index in [9.17, 15) is 4.39 Å². The average molecular weight is 372 g/mol. The van der Waals surface area contributed by atoms with E-state index in [1.807, 2.05) is 18.2 Å². The maximum atomic E-state index is 13.4. The van der Waals surface area contributed by atoms with Gasteiger partial charge in [0.05, 0.1) is 11.8 Å². The van der Waals surface area contributed by atoms with Gasteiger partial charge in [-0.2, -0.15) is 5.10 Å². The molecule has 3 nitrogen and oxygen atoms in total. The normalized spacial score (nSPS) is 20.2. The Labute approximate surface area is 164 Å². The molecule has 2 atom stereocenters. The fraction of sp³-hybridized carbons (Fsp3) is 0.208. The van der Waals surface area contributed by atoms with Crippen molar-refractivity contribution in [3.63, 3.8) is 0 Å². The van der Waals surface area contributed by atoms with Crippen LogP contribution in [0.5, 0.6) is 5.75 Å². The summed E-state index contributed by atoms with van der Waals surface area (Å²) in [6.45, 7) is 4.21. The lowest BCUT2D eigenvalue weighted by Gasteiger charge is -2.38. The van der Waals surface area contributed by atoms with Crippen molar-refractivity contribution in [1.29, 1.82) is 0 Å². The lowest BCUT2D eigenvalue weighted by atomic mass is 9.95. The molecule has 2 heterocycles. The summed E-state index contributed by atoms with van der Waals surface area (Å²) in [6, 6.07) is 21.3. The number of benzene rings is 3. The Bertz CT molecular complexity index is 1070. The summed E-state index contributed by atoms with van der Waals surface area (Å²) in [5.74, 6) is 0.672. The van der Waals surface area contributed by atoms with Crippen molar-refractivity contribution in [2.45, 2.75) is 32.5 Å². The number of aryl methyl sites for hydroxylation is 2. The number of rotatable bonds is 2. The fourth-order valence-corrected chi connectivity index (χ4v) is 4.16. The van der Waals surface area contributed by atoms with Gasteiger partial charge in [0.15, 0.2) is 0 Å². The minimum absolute atomic E-state index is 0.107. The number of fused-ring (bicyclic) bond motifs is 3. The van der Waals surface area contributed by atoms with E-state index in [1.54, 1.807) is 12.1 Å². The molecule has 0 N–H and O–H groups in total. The van der Waals surface area contributed by atoms with E-state index in [4.69, 9.17) is 9.84 Å². The molecule has 2 aliphatic rings. The van der Waals surface area contributed by atoms with E-state index in [1.165, 1.54) is 23.3 Å². The molecule has 3 aromatic rings. The van der Waals surface area contributed by atoms with Gasteiger partial charge in [-0.1, -0.05) is 54.1 Å². The zero-order valence-electron chi connectivity index (χ0n) is 15.9. The molecule has 4 heteroatoms. The molecule has 0 bridgehead atoms. The highest BCUT2D eigenvalue weighted by atomic mass is 19.1. The molecule has 0 amide bonds. The predicted octanol–water partition coefficient (Wildman–Crippen LogP) is 5.68. The van der Waals surface area contributed by atoms with E-state index in [-0.39, 0.29) is 18.1 Å². The molecule has 0 unspecified atom stereocenters. The maximum Gasteiger partial charge on any atom is 0.214 e. The smallest absolute Gasteiger partial charge is 0.214 e. The van der Waals surface area contributed by atoms with E-state index in [0.717, 1.165) is 34.6 Å². The molecule has 0 saturated heterocycles. The van der Waals surface area contributed by atoms with Crippen LogP contribution in [-0.4, -0.2) is 10.7 Å². The lowest BCUT2D eigenvalue weighted by Crippen LogP contribution is -2.34. The van der Waals surface area contributed by atoms with Crippen molar-refractivity contribution >= 4 is 5.71 Å². The molecule has 0 aliphatic carbocycles. The molecule has 0 saturated carbocycles. The van der Waals surface area contributed by atoms with Gasteiger partial charge in [-0.25, -0.2) is 9.40 Å². The Morgan fingerprint density at radius 2 is 1.75 bits per heavy atom. The number of para-hydroxylation sites is 1. The van der Waals surface area contributed by atoms with Gasteiger partial charge >= 0.3 is 0 Å². The molecule has 0 spiro atoms. The van der Waals surface area contributed by atoms with Gasteiger partial charge in [0, 0.05) is 17.5 Å². The number of hydrazone groups is 1. The van der Waals surface area contributed by atoms with Crippen molar-refractivity contribution in [2.24, 2.45) is 5.10 Å². The first kappa shape index (κ1) is 17.0. The minimum Gasteiger partial charge on any atom is -0.464 e. The van der Waals surface area contributed by atoms with Crippen LogP contribution < -0.4 is 4.74 Å². The Morgan fingerprint density at radius 1 is 0.964 bits per heavy atom. The molecule has 3 aromatic carbocycles. The first-order valence-electron chi connectivity index (χ1n) is 9.54. The maximum absolute atomic E-state index is 13.4. The van der Waals surface area contributed by atoms with Gasteiger partial charge < -0.3 is 4.74 Å². The summed E-state index contributed by atoms with van der Waals surface area (Å²) >= 11 is 0. The highest BCUT2D eigenvalue weighted by Crippen LogP contribution is 2.47. The molecule has 2 aliphatic heterocycles. The number of hydrogen-bond donors (Lipinski definition) is 0. The number of hydrogen-bond acceptors (Lipinski definition) is 3. The molecule has 28 heavy (non-hydrogen) atoms. The standard InChI is InChI=1S/C24H21FN2O/c1-15-7-12-19(16(2)13-15)24-27-22(20-5-3-4-6-23(20)28-24)14-21(26-27)17-8-10-18(25)11-9-17/h3-13,22,24H,14H2,1-2H3/t22-,24-/m0/s1. The predicted molar refractivity (Wildman–Crippen MR) is 108 cm³/mol. The van der Waals surface area contributed by atoms with Crippen molar-refractivity contribution in [1.82, 2.24) is 5.01 Å². The van der Waals surface area contributed by atoms with Gasteiger partial charge in [0.1, 0.15) is 11.6 Å². The van der Waals surface area contributed by atoms with Crippen LogP contribution in [-0.2, 0) is 0 Å². The minimum atomic E-state index is -0.279. The quantitative estimate of drug-likeness (QED) is 0.578. The molecule has 0 aromatic heterocycles. The van der Waals surface area contributed by atoms with Gasteiger partial charge in [-0.05, 0) is 43.2 Å². The zero-order chi connectivity index (χ0) is 19.3. The van der Waals surface area contributed by atoms with E-state index >= 15 is 0 Å². The first-order chi connectivity index (χ1) is 13.6. The Balaban J connectivity index is 1.61. The van der Waals surface area contributed by atoms with Crippen LogP contribution >= 0.6 is 0 Å². The van der Waals surface area contributed by atoms with Crippen LogP contribution in [0.4, 0.5) is 4.39 Å². The largest absolute Gasteiger partial charge is 0.464 e. The van der Waals surface area contributed by atoms with Gasteiger partial charge in [-0.15, -0.1) is 0 Å². The van der Waals surface area contributed by atoms with E-state index < -0.39 is 0 Å². The molecule has 5 rings (SSSR count). The van der Waals surface area contributed by atoms with Crippen LogP contribution in [0.1, 0.15) is 46.5 Å². The second kappa shape index (κ2) is 6.48. The number of ether oxygens (including phenoxy) is 1. The van der Waals surface area contributed by atoms with Crippen LogP contribution in [0, 0.1) is 19.7 Å². The Morgan fingerprint density at radius 3 is 2.54 bits per heavy atom. The summed E-state index contributed by atoms with van der Waals surface area (Å²) in [7, 11) is 0. The summed E-state index contributed by atoms with van der Waals surface area (Å²) in [5.41, 5.74) is 6.59. The SMILES string of the molecule is Cc1ccc([C@@H]2Oc3ccccc3[C@@H]3CC(c4ccc(F)cc4)=NN32)c(C)c1. The monoisotopic (exact) mass is 372 g/mol. The molecular formula is C24H21FN2O. The van der Waals surface area contributed by atoms with Crippen molar-refractivity contribution in [3.05, 3.63) is 100 Å². The number of nitrogens with zero attached hydrogens (tertiary/aromatic N) is 2. The van der Waals surface area contributed by atoms with Crippen molar-refractivity contribution in [3.8, 4) is 5.75 Å². The topological polar surface area (TPSA) is 24.8 Å². The van der Waals surface area contributed by atoms with Crippen LogP contribution in [0.3, 0.4) is 0 Å². The van der Waals surface area contributed by atoms with E-state index in [2.05, 4.69) is 43.1 Å². The van der Waals surface area contributed by atoms with Crippen molar-refractivity contribution < 1.29 is 9.13 Å². The van der Waals surface area contributed by atoms with Crippen LogP contribution in [0.25, 0.3) is 0 Å². The van der Waals surface area contributed by atoms with Crippen LogP contribution in [0.2, 0.25) is 0 Å². The lowest BCUT2D eigenvalue weighted by molar-refractivity contribution is -0.0194. The second-order valence-electron chi connectivity index (χ2n) is 7.52. The second-order valence-corrected chi connectivity index (χ2v) is 7.52. The highest BCUT2D eigenvalue weighted by Gasteiger charge is 2.41. The number of halogens is 1. The fourth-order valence-electron chi connectivity index (χ4n) is 4.16. The molecule has 140 valence electrons. The third kappa shape index (κ3) is 2.76. The van der Waals surface area contributed by atoms with Crippen molar-refractivity contribution in [2.75, 3.05) is 0 Å². The van der Waals surface area contributed by atoms with Crippen LogP contribution in [0.15, 0.2) is 71.8 Å². The Kier molecular flexibility index (Phi) is 3.93. The van der Waals surface area contributed by atoms with Gasteiger partial charge in [-0.3, -0.25) is 0 Å². The zero-order valence-corrected chi connectivity index (χ0v) is 15.9. The van der Waals surface area contributed by atoms with Gasteiger partial charge in [0.25, 0.3) is 0 Å². The van der Waals surface area contributed by atoms with Gasteiger partial charge in [0.2, 0.25) is 6.23 Å². The summed E-state index contributed by atoms with van der Waals surface area (Å²) in [5, 5.41) is 7.00.